The second-order valence-corrected chi connectivity index (χ2v) is 2.84. The minimum absolute atomic E-state index is 0.402. The van der Waals surface area contributed by atoms with Crippen LogP contribution in [0.2, 0.25) is 6.04 Å². The summed E-state index contributed by atoms with van der Waals surface area (Å²) >= 11 is 0. The lowest BCUT2D eigenvalue weighted by Crippen LogP contribution is -2.02. The summed E-state index contributed by atoms with van der Waals surface area (Å²) in [4.78, 5) is 4.41. The molecule has 2 N–H and O–H groups in total. The largest absolute Gasteiger partial charge is 0.330 e. The van der Waals surface area contributed by atoms with E-state index in [0.717, 1.165) is 19.0 Å². The first kappa shape index (κ1) is 8.10. The number of hydrogen-bond acceptors (Lipinski definition) is 3. The molecule has 0 heterocycles. The lowest BCUT2D eigenvalue weighted by Gasteiger charge is -1.95. The number of nitrogens with two attached hydrogens (primary N) is 1. The van der Waals surface area contributed by atoms with Crippen molar-refractivity contribution in [2.24, 2.45) is 5.73 Å². The molecule has 0 aromatic heterocycles. The van der Waals surface area contributed by atoms with Crippen molar-refractivity contribution in [2.45, 2.75) is 12.5 Å². The van der Waals surface area contributed by atoms with E-state index in [1.807, 2.05) is 0 Å². The highest BCUT2D eigenvalue weighted by Gasteiger charge is 1.85. The van der Waals surface area contributed by atoms with Crippen molar-refractivity contribution < 1.29 is 9.46 Å². The Morgan fingerprint density at radius 2 is 2.38 bits per heavy atom. The van der Waals surface area contributed by atoms with Crippen molar-refractivity contribution in [2.75, 3.05) is 13.7 Å². The van der Waals surface area contributed by atoms with Crippen molar-refractivity contribution in [1.29, 1.82) is 0 Å². The van der Waals surface area contributed by atoms with E-state index < -0.39 is 9.76 Å². The van der Waals surface area contributed by atoms with Crippen LogP contribution in [0.3, 0.4) is 0 Å². The number of hydrogen-bond donors (Lipinski definition) is 1. The predicted octanol–water partition coefficient (Wildman–Crippen LogP) is -0.585. The normalized spacial score (nSPS) is 11.2. The van der Waals surface area contributed by atoms with Gasteiger partial charge < -0.3 is 5.73 Å². The zero-order valence-corrected chi connectivity index (χ0v) is 6.64. The Morgan fingerprint density at radius 3 is 2.88 bits per heavy atom. The van der Waals surface area contributed by atoms with Crippen LogP contribution in [0.5, 0.6) is 0 Å². The maximum atomic E-state index is 5.24. The summed E-state index contributed by atoms with van der Waals surface area (Å²) in [6.07, 6.45) is 1.07. The Morgan fingerprint density at radius 1 is 1.62 bits per heavy atom. The molecule has 0 saturated carbocycles. The van der Waals surface area contributed by atoms with Crippen LogP contribution in [0.1, 0.15) is 6.42 Å². The first-order valence-corrected chi connectivity index (χ1v) is 4.35. The van der Waals surface area contributed by atoms with Gasteiger partial charge in [-0.15, -0.1) is 0 Å². The molecule has 0 atom stereocenters. The molecule has 4 heteroatoms. The molecule has 8 heavy (non-hydrogen) atoms. The third-order valence-corrected chi connectivity index (χ3v) is 1.99. The fourth-order valence-electron chi connectivity index (χ4n) is 0.389. The van der Waals surface area contributed by atoms with Gasteiger partial charge in [-0.3, -0.25) is 9.46 Å². The number of rotatable bonds is 5. The molecule has 0 aliphatic carbocycles. The fourth-order valence-corrected chi connectivity index (χ4v) is 1.17. The highest BCUT2D eigenvalue weighted by Crippen LogP contribution is 1.84. The van der Waals surface area contributed by atoms with E-state index in [0.29, 0.717) is 0 Å². The SMILES string of the molecule is COO[SiH2]CCCN. The standard InChI is InChI=1S/C4H13NO2Si/c1-6-7-8-4-2-3-5/h2-5,8H2,1H3. The van der Waals surface area contributed by atoms with Gasteiger partial charge >= 0.3 is 0 Å². The molecule has 0 bridgehead atoms. The van der Waals surface area contributed by atoms with Gasteiger partial charge in [-0.25, -0.2) is 0 Å². The monoisotopic (exact) mass is 135 g/mol. The van der Waals surface area contributed by atoms with Gasteiger partial charge in [0.15, 0.2) is 0 Å². The minimum atomic E-state index is -0.402. The molecule has 0 aliphatic heterocycles. The van der Waals surface area contributed by atoms with Gasteiger partial charge in [0.25, 0.3) is 0 Å². The van der Waals surface area contributed by atoms with E-state index in [1.165, 1.54) is 7.11 Å². The molecule has 0 saturated heterocycles. The van der Waals surface area contributed by atoms with Crippen molar-refractivity contribution in [3.63, 3.8) is 0 Å². The summed E-state index contributed by atoms with van der Waals surface area (Å²) in [5.74, 6) is 0. The van der Waals surface area contributed by atoms with Crippen LogP contribution in [-0.2, 0) is 9.46 Å². The van der Waals surface area contributed by atoms with E-state index in [1.54, 1.807) is 0 Å². The molecule has 0 aromatic rings. The van der Waals surface area contributed by atoms with Crippen molar-refractivity contribution >= 4 is 9.76 Å². The summed E-state index contributed by atoms with van der Waals surface area (Å²) < 4.78 is 4.72. The zero-order chi connectivity index (χ0) is 6.24. The lowest BCUT2D eigenvalue weighted by atomic mass is 10.5. The van der Waals surface area contributed by atoms with Crippen LogP contribution >= 0.6 is 0 Å². The van der Waals surface area contributed by atoms with Crippen molar-refractivity contribution in [3.8, 4) is 0 Å². The zero-order valence-electron chi connectivity index (χ0n) is 5.22. The Kier molecular flexibility index (Phi) is 7.18. The molecule has 0 unspecified atom stereocenters. The second kappa shape index (κ2) is 7.10. The van der Waals surface area contributed by atoms with Crippen LogP contribution in [0, 0.1) is 0 Å². The van der Waals surface area contributed by atoms with E-state index in [2.05, 4.69) is 4.89 Å². The molecule has 0 spiro atoms. The average Bonchev–Trinajstić information content (AvgIpc) is 1.81. The van der Waals surface area contributed by atoms with Crippen LogP contribution in [0.15, 0.2) is 0 Å². The Balaban J connectivity index is 2.53. The maximum Gasteiger partial charge on any atom is 0.208 e. The fraction of sp³-hybridized carbons (Fsp3) is 1.00. The average molecular weight is 135 g/mol. The molecule has 3 nitrogen and oxygen atoms in total. The van der Waals surface area contributed by atoms with E-state index in [-0.39, 0.29) is 0 Å². The highest BCUT2D eigenvalue weighted by molar-refractivity contribution is 6.26. The van der Waals surface area contributed by atoms with Gasteiger partial charge in [-0.05, 0) is 19.0 Å². The van der Waals surface area contributed by atoms with Gasteiger partial charge in [0.2, 0.25) is 9.76 Å². The molecular formula is C4H13NO2Si. The first-order chi connectivity index (χ1) is 3.91. The maximum absolute atomic E-state index is 5.24. The molecule has 0 fully saturated rings. The summed E-state index contributed by atoms with van der Waals surface area (Å²) in [5, 5.41) is 0. The molecule has 0 aromatic carbocycles. The predicted molar refractivity (Wildman–Crippen MR) is 35.1 cm³/mol. The summed E-state index contributed by atoms with van der Waals surface area (Å²) in [5.41, 5.74) is 5.24. The summed E-state index contributed by atoms with van der Waals surface area (Å²) in [6, 6.07) is 1.12. The van der Waals surface area contributed by atoms with Crippen molar-refractivity contribution in [3.05, 3.63) is 0 Å². The van der Waals surface area contributed by atoms with Gasteiger partial charge in [0, 0.05) is 0 Å². The third kappa shape index (κ3) is 6.10. The van der Waals surface area contributed by atoms with Gasteiger partial charge in [0.05, 0.1) is 7.11 Å². The molecule has 50 valence electrons. The van der Waals surface area contributed by atoms with Crippen molar-refractivity contribution in [1.82, 2.24) is 0 Å². The third-order valence-electron chi connectivity index (χ3n) is 0.800. The lowest BCUT2D eigenvalue weighted by molar-refractivity contribution is -0.179. The quantitative estimate of drug-likeness (QED) is 0.237. The Hall–Kier alpha value is 0.0969. The minimum Gasteiger partial charge on any atom is -0.330 e. The summed E-state index contributed by atoms with van der Waals surface area (Å²) in [7, 11) is 1.14. The Bertz CT molecular complexity index is 39.0. The smallest absolute Gasteiger partial charge is 0.208 e. The van der Waals surface area contributed by atoms with E-state index in [4.69, 9.17) is 10.3 Å². The molecule has 0 amide bonds. The van der Waals surface area contributed by atoms with Crippen LogP contribution < -0.4 is 5.73 Å². The van der Waals surface area contributed by atoms with Crippen LogP contribution in [0.4, 0.5) is 0 Å². The first-order valence-electron chi connectivity index (χ1n) is 2.77. The van der Waals surface area contributed by atoms with Gasteiger partial charge in [-0.2, -0.15) is 0 Å². The topological polar surface area (TPSA) is 44.5 Å². The van der Waals surface area contributed by atoms with Crippen LogP contribution in [0.25, 0.3) is 0 Å². The van der Waals surface area contributed by atoms with Gasteiger partial charge in [-0.1, -0.05) is 0 Å². The van der Waals surface area contributed by atoms with Gasteiger partial charge in [0.1, 0.15) is 0 Å². The van der Waals surface area contributed by atoms with E-state index >= 15 is 0 Å². The molecule has 0 radical (unpaired) electrons. The Labute approximate surface area is 52.0 Å². The molecule has 0 rings (SSSR count). The highest BCUT2D eigenvalue weighted by atomic mass is 28.2. The van der Waals surface area contributed by atoms with E-state index in [9.17, 15) is 0 Å². The second-order valence-electron chi connectivity index (χ2n) is 1.48. The summed E-state index contributed by atoms with van der Waals surface area (Å²) in [6.45, 7) is 0.764. The van der Waals surface area contributed by atoms with Crippen LogP contribution in [-0.4, -0.2) is 23.4 Å². The molecule has 0 aliphatic rings. The molecular weight excluding hydrogens is 122 g/mol.